The Kier molecular flexibility index (Phi) is 5.96. The number of hydrogen-bond donors (Lipinski definition) is 1. The first-order chi connectivity index (χ1) is 13.9. The van der Waals surface area contributed by atoms with Crippen molar-refractivity contribution in [2.24, 2.45) is 0 Å². The van der Waals surface area contributed by atoms with E-state index in [1.54, 1.807) is 27.4 Å². The smallest absolute Gasteiger partial charge is 0.220 e. The second kappa shape index (κ2) is 8.43. The molecule has 0 aliphatic heterocycles. The number of hydrogen-bond acceptors (Lipinski definition) is 6. The molecule has 0 bridgehead atoms. The van der Waals surface area contributed by atoms with Crippen LogP contribution in [-0.2, 0) is 11.2 Å². The Hall–Kier alpha value is -3.22. The lowest BCUT2D eigenvalue weighted by atomic mass is 9.95. The predicted octanol–water partition coefficient (Wildman–Crippen LogP) is 2.87. The van der Waals surface area contributed by atoms with Gasteiger partial charge in [-0.2, -0.15) is 0 Å². The summed E-state index contributed by atoms with van der Waals surface area (Å²) in [5.74, 6) is 1.60. The van der Waals surface area contributed by atoms with Crippen LogP contribution in [0.25, 0.3) is 11.1 Å². The molecule has 0 aromatic heterocycles. The minimum Gasteiger partial charge on any atom is -0.493 e. The summed E-state index contributed by atoms with van der Waals surface area (Å²) in [6, 6.07) is 6.57. The summed E-state index contributed by atoms with van der Waals surface area (Å²) in [4.78, 5) is 24.5. The van der Waals surface area contributed by atoms with Gasteiger partial charge in [-0.15, -0.1) is 0 Å². The molecule has 29 heavy (non-hydrogen) atoms. The van der Waals surface area contributed by atoms with Gasteiger partial charge in [-0.25, -0.2) is 0 Å². The number of amides is 1. The van der Waals surface area contributed by atoms with Gasteiger partial charge in [-0.1, -0.05) is 6.07 Å². The van der Waals surface area contributed by atoms with Crippen LogP contribution >= 0.6 is 0 Å². The highest BCUT2D eigenvalue weighted by molar-refractivity contribution is 5.83. The molecule has 0 saturated heterocycles. The van der Waals surface area contributed by atoms with E-state index in [-0.39, 0.29) is 23.1 Å². The molecular formula is C22H25NO6. The molecule has 0 heterocycles. The molecule has 1 N–H and O–H groups in total. The lowest BCUT2D eigenvalue weighted by Gasteiger charge is -2.19. The number of carbonyl (C=O) groups excluding carboxylic acids is 1. The van der Waals surface area contributed by atoms with E-state index in [2.05, 4.69) is 5.32 Å². The van der Waals surface area contributed by atoms with Gasteiger partial charge in [-0.05, 0) is 47.7 Å². The van der Waals surface area contributed by atoms with Crippen molar-refractivity contribution in [1.82, 2.24) is 5.32 Å². The Bertz CT molecular complexity index is 1000. The van der Waals surface area contributed by atoms with Gasteiger partial charge >= 0.3 is 0 Å². The van der Waals surface area contributed by atoms with Crippen LogP contribution in [0.5, 0.6) is 23.0 Å². The number of benzene rings is 1. The Morgan fingerprint density at radius 3 is 2.38 bits per heavy atom. The standard InChI is InChI=1S/C22H25NO6/c1-12(24)23-16-8-6-13-10-19(27-3)21(28-4)22(29-5)20(13)14-7-9-18(26-2)17(25)11-15(14)16/h7,9-11,16H,6,8H2,1-5H3,(H,23,24)/t16-/m0/s1/i2+2. The zero-order valence-electron chi connectivity index (χ0n) is 17.3. The van der Waals surface area contributed by atoms with Crippen LogP contribution < -0.4 is 29.7 Å². The van der Waals surface area contributed by atoms with Gasteiger partial charge in [0.15, 0.2) is 17.2 Å². The van der Waals surface area contributed by atoms with Crippen LogP contribution in [-0.4, -0.2) is 34.3 Å². The van der Waals surface area contributed by atoms with E-state index >= 15 is 0 Å². The average Bonchev–Trinajstić information content (AvgIpc) is 2.95. The summed E-state index contributed by atoms with van der Waals surface area (Å²) in [6.07, 6.45) is 1.27. The van der Waals surface area contributed by atoms with E-state index in [1.165, 1.54) is 20.1 Å². The normalized spacial score (nSPS) is 14.7. The molecular weight excluding hydrogens is 376 g/mol. The predicted molar refractivity (Wildman–Crippen MR) is 109 cm³/mol. The molecule has 0 spiro atoms. The van der Waals surface area contributed by atoms with Crippen LogP contribution in [0.2, 0.25) is 0 Å². The summed E-state index contributed by atoms with van der Waals surface area (Å²) < 4.78 is 22.0. The number of fused-ring (bicyclic) bond motifs is 3. The van der Waals surface area contributed by atoms with E-state index < -0.39 is 0 Å². The average molecular weight is 401 g/mol. The first kappa shape index (κ1) is 20.5. The summed E-state index contributed by atoms with van der Waals surface area (Å²) in [7, 11) is 6.14. The van der Waals surface area contributed by atoms with Crippen molar-refractivity contribution in [3.05, 3.63) is 45.6 Å². The lowest BCUT2D eigenvalue weighted by Crippen LogP contribution is -2.26. The maximum Gasteiger partial charge on any atom is 0.220 e. The number of aryl methyl sites for hydroxylation is 1. The van der Waals surface area contributed by atoms with Crippen LogP contribution in [0.4, 0.5) is 0 Å². The van der Waals surface area contributed by atoms with Crippen molar-refractivity contribution in [2.45, 2.75) is 25.8 Å². The fourth-order valence-corrected chi connectivity index (χ4v) is 3.86. The maximum atomic E-state index is 12.6. The minimum absolute atomic E-state index is 0.167. The lowest BCUT2D eigenvalue weighted by molar-refractivity contribution is -0.119. The van der Waals surface area contributed by atoms with E-state index in [1.807, 2.05) is 12.1 Å². The largest absolute Gasteiger partial charge is 0.493 e. The van der Waals surface area contributed by atoms with Crippen molar-refractivity contribution in [1.29, 1.82) is 0 Å². The first-order valence-corrected chi connectivity index (χ1v) is 9.26. The molecule has 1 atom stereocenters. The highest BCUT2D eigenvalue weighted by atomic mass is 16.6. The third-order valence-electron chi connectivity index (χ3n) is 5.10. The summed E-state index contributed by atoms with van der Waals surface area (Å²) >= 11 is 0. The van der Waals surface area contributed by atoms with E-state index in [0.717, 1.165) is 16.7 Å². The van der Waals surface area contributed by atoms with Crippen LogP contribution in [0.1, 0.15) is 30.5 Å². The van der Waals surface area contributed by atoms with Crippen LogP contribution in [0, 0.1) is 0 Å². The Morgan fingerprint density at radius 1 is 1.07 bits per heavy atom. The molecule has 1 amide bonds. The first-order valence-electron chi connectivity index (χ1n) is 9.26. The van der Waals surface area contributed by atoms with Gasteiger partial charge in [0.25, 0.3) is 0 Å². The summed E-state index contributed by atoms with van der Waals surface area (Å²) in [5.41, 5.74) is 3.01. The highest BCUT2D eigenvalue weighted by Gasteiger charge is 2.29. The molecule has 1 aliphatic carbocycles. The SMILES string of the molecule is COc1cc2c(c(OC)c1OC)-c1ccc(O[14CH3])c(=O)cc1[C@@H](NC(C)=O)CC2. The van der Waals surface area contributed by atoms with Crippen molar-refractivity contribution < 1.29 is 23.7 Å². The number of ether oxygens (including phenoxy) is 4. The maximum absolute atomic E-state index is 12.6. The van der Waals surface area contributed by atoms with Gasteiger partial charge in [0.2, 0.25) is 17.1 Å². The van der Waals surface area contributed by atoms with E-state index in [0.29, 0.717) is 35.7 Å². The van der Waals surface area contributed by atoms with Crippen molar-refractivity contribution >= 4 is 5.91 Å². The van der Waals surface area contributed by atoms with Crippen LogP contribution in [0.3, 0.4) is 0 Å². The van der Waals surface area contributed by atoms with Gasteiger partial charge in [0.05, 0.1) is 34.5 Å². The number of methoxy groups -OCH3 is 4. The fourth-order valence-electron chi connectivity index (χ4n) is 3.86. The molecule has 0 saturated carbocycles. The number of nitrogens with one attached hydrogen (secondary N) is 1. The van der Waals surface area contributed by atoms with Gasteiger partial charge in [0, 0.05) is 12.5 Å². The molecule has 7 nitrogen and oxygen atoms in total. The second-order valence-electron chi connectivity index (χ2n) is 6.75. The van der Waals surface area contributed by atoms with Crippen molar-refractivity contribution in [3.63, 3.8) is 0 Å². The molecule has 7 heteroatoms. The molecule has 3 rings (SSSR count). The third kappa shape index (κ3) is 3.72. The third-order valence-corrected chi connectivity index (χ3v) is 5.10. The number of rotatable bonds is 5. The zero-order chi connectivity index (χ0) is 21.1. The van der Waals surface area contributed by atoms with E-state index in [4.69, 9.17) is 18.9 Å². The van der Waals surface area contributed by atoms with Crippen molar-refractivity contribution in [2.75, 3.05) is 28.4 Å². The molecule has 2 aromatic rings. The number of carbonyl (C=O) groups is 1. The second-order valence-corrected chi connectivity index (χ2v) is 6.75. The topological polar surface area (TPSA) is 83.1 Å². The Morgan fingerprint density at radius 2 is 1.79 bits per heavy atom. The molecule has 2 aromatic carbocycles. The van der Waals surface area contributed by atoms with Gasteiger partial charge < -0.3 is 24.3 Å². The molecule has 0 radical (unpaired) electrons. The summed E-state index contributed by atoms with van der Waals surface area (Å²) in [5, 5.41) is 2.96. The monoisotopic (exact) mass is 401 g/mol. The molecule has 154 valence electrons. The zero-order valence-corrected chi connectivity index (χ0v) is 17.3. The van der Waals surface area contributed by atoms with Gasteiger partial charge in [-0.3, -0.25) is 9.59 Å². The van der Waals surface area contributed by atoms with Crippen molar-refractivity contribution in [3.8, 4) is 34.1 Å². The quantitative estimate of drug-likeness (QED) is 0.830. The van der Waals surface area contributed by atoms with Gasteiger partial charge in [0.1, 0.15) is 0 Å². The Balaban J connectivity index is 2.41. The molecule has 0 unspecified atom stereocenters. The van der Waals surface area contributed by atoms with Crippen LogP contribution in [0.15, 0.2) is 29.1 Å². The highest BCUT2D eigenvalue weighted by Crippen LogP contribution is 2.50. The van der Waals surface area contributed by atoms with E-state index in [9.17, 15) is 9.59 Å². The molecule has 1 aliphatic rings. The molecule has 0 fully saturated rings. The Labute approximate surface area is 169 Å². The minimum atomic E-state index is -0.332. The summed E-state index contributed by atoms with van der Waals surface area (Å²) in [6.45, 7) is 1.46. The fraction of sp³-hybridized carbons (Fsp3) is 0.364.